The number of carboxylic acids is 1. The van der Waals surface area contributed by atoms with Crippen molar-refractivity contribution in [1.82, 2.24) is 0 Å². The molecular formula is C15H17NO11. The minimum atomic E-state index is -1.70. The predicted octanol–water partition coefficient (Wildman–Crippen LogP) is -1.20. The van der Waals surface area contributed by atoms with Crippen molar-refractivity contribution in [2.24, 2.45) is 0 Å². The largest absolute Gasteiger partial charge is 0.481 e. The number of nitro groups is 1. The number of ether oxygens (including phenoxy) is 3. The molecule has 0 bridgehead atoms. The van der Waals surface area contributed by atoms with E-state index in [9.17, 15) is 35.0 Å². The Morgan fingerprint density at radius 3 is 2.30 bits per heavy atom. The molecule has 1 fully saturated rings. The number of benzene rings is 1. The van der Waals surface area contributed by atoms with Crippen LogP contribution in [-0.2, 0) is 19.1 Å². The molecule has 0 aromatic heterocycles. The molecule has 1 aliphatic heterocycles. The lowest BCUT2D eigenvalue weighted by molar-refractivity contribution is -0.384. The monoisotopic (exact) mass is 387 g/mol. The fourth-order valence-corrected chi connectivity index (χ4v) is 2.28. The van der Waals surface area contributed by atoms with Crippen LogP contribution in [0.25, 0.3) is 0 Å². The molecule has 1 saturated heterocycles. The van der Waals surface area contributed by atoms with Gasteiger partial charge in [0, 0.05) is 12.1 Å². The lowest BCUT2D eigenvalue weighted by Gasteiger charge is -2.39. The van der Waals surface area contributed by atoms with E-state index in [2.05, 4.69) is 4.74 Å². The van der Waals surface area contributed by atoms with Crippen molar-refractivity contribution in [3.05, 3.63) is 34.4 Å². The van der Waals surface area contributed by atoms with Gasteiger partial charge < -0.3 is 34.6 Å². The maximum atomic E-state index is 11.3. The molecule has 1 heterocycles. The molecule has 1 aromatic rings. The van der Waals surface area contributed by atoms with Crippen LogP contribution in [0.15, 0.2) is 24.3 Å². The van der Waals surface area contributed by atoms with E-state index in [0.29, 0.717) is 0 Å². The van der Waals surface area contributed by atoms with Crippen LogP contribution in [0.2, 0.25) is 0 Å². The molecule has 0 saturated carbocycles. The van der Waals surface area contributed by atoms with Crippen LogP contribution in [0.5, 0.6) is 5.75 Å². The molecule has 2 rings (SSSR count). The number of nitro benzene ring substituents is 1. The summed E-state index contributed by atoms with van der Waals surface area (Å²) in [6, 6.07) is 4.79. The van der Waals surface area contributed by atoms with E-state index in [1.165, 1.54) is 12.1 Å². The van der Waals surface area contributed by atoms with Crippen molar-refractivity contribution in [1.29, 1.82) is 0 Å². The van der Waals surface area contributed by atoms with E-state index in [1.54, 1.807) is 0 Å². The summed E-state index contributed by atoms with van der Waals surface area (Å²) in [4.78, 5) is 31.7. The van der Waals surface area contributed by atoms with E-state index < -0.39 is 60.6 Å². The van der Waals surface area contributed by atoms with Gasteiger partial charge >= 0.3 is 11.9 Å². The Hall–Kier alpha value is -2.80. The summed E-state index contributed by atoms with van der Waals surface area (Å²) >= 11 is 0. The fraction of sp³-hybridized carbons (Fsp3) is 0.467. The second-order valence-corrected chi connectivity index (χ2v) is 5.64. The molecule has 148 valence electrons. The second-order valence-electron chi connectivity index (χ2n) is 5.64. The van der Waals surface area contributed by atoms with Crippen molar-refractivity contribution in [3.63, 3.8) is 0 Å². The number of carbonyl (C=O) groups is 2. The van der Waals surface area contributed by atoms with Crippen molar-refractivity contribution < 1.29 is 49.1 Å². The Kier molecular flexibility index (Phi) is 6.63. The summed E-state index contributed by atoms with van der Waals surface area (Å²) in [7, 11) is 0. The molecule has 0 spiro atoms. The van der Waals surface area contributed by atoms with Crippen LogP contribution in [0.1, 0.15) is 6.42 Å². The molecular weight excluding hydrogens is 370 g/mol. The van der Waals surface area contributed by atoms with Gasteiger partial charge in [-0.1, -0.05) is 0 Å². The number of aliphatic hydroxyl groups is 3. The van der Waals surface area contributed by atoms with Crippen LogP contribution in [-0.4, -0.2) is 74.6 Å². The zero-order valence-electron chi connectivity index (χ0n) is 13.7. The second kappa shape index (κ2) is 8.73. The van der Waals surface area contributed by atoms with Crippen LogP contribution in [0, 0.1) is 10.1 Å². The number of aliphatic carboxylic acids is 1. The smallest absolute Gasteiger partial charge is 0.317 e. The molecule has 0 amide bonds. The van der Waals surface area contributed by atoms with E-state index in [0.717, 1.165) is 12.1 Å². The van der Waals surface area contributed by atoms with Gasteiger partial charge in [0.25, 0.3) is 5.69 Å². The normalized spacial score (nSPS) is 27.6. The van der Waals surface area contributed by atoms with Crippen molar-refractivity contribution in [3.8, 4) is 5.75 Å². The summed E-state index contributed by atoms with van der Waals surface area (Å²) in [5, 5.41) is 48.9. The number of carbonyl (C=O) groups excluding carboxylic acids is 1. The SMILES string of the molecule is O=C(O)CC(=O)OC[C@H]1O[C@@H](Oc2ccc([N+](=O)[O-])cc2)[C@H](O)[C@@H](O)[C@@H]1O. The van der Waals surface area contributed by atoms with Gasteiger partial charge in [-0.15, -0.1) is 0 Å². The zero-order valence-corrected chi connectivity index (χ0v) is 13.7. The Balaban J connectivity index is 2.01. The standard InChI is InChI=1S/C15H17NO11/c17-10(18)5-11(19)25-6-9-12(20)13(21)14(22)15(27-9)26-8-3-1-7(2-4-8)16(23)24/h1-4,9,12-15,20-22H,5-6H2,(H,17,18)/t9-,12-,13+,14-,15-/m1/s1. The highest BCUT2D eigenvalue weighted by Crippen LogP contribution is 2.26. The maximum Gasteiger partial charge on any atom is 0.317 e. The van der Waals surface area contributed by atoms with Gasteiger partial charge in [-0.25, -0.2) is 0 Å². The highest BCUT2D eigenvalue weighted by molar-refractivity contribution is 5.90. The minimum absolute atomic E-state index is 0.0786. The van der Waals surface area contributed by atoms with Gasteiger partial charge in [-0.2, -0.15) is 0 Å². The average Bonchev–Trinajstić information content (AvgIpc) is 2.61. The summed E-state index contributed by atoms with van der Waals surface area (Å²) < 4.78 is 15.3. The van der Waals surface area contributed by atoms with Crippen molar-refractivity contribution in [2.75, 3.05) is 6.61 Å². The number of esters is 1. The number of carboxylic acid groups (broad SMARTS) is 1. The first-order chi connectivity index (χ1) is 12.7. The number of nitrogens with zero attached hydrogens (tertiary/aromatic N) is 1. The van der Waals surface area contributed by atoms with Crippen LogP contribution in [0.4, 0.5) is 5.69 Å². The molecule has 1 aromatic carbocycles. The lowest BCUT2D eigenvalue weighted by Crippen LogP contribution is -2.60. The number of rotatable bonds is 7. The average molecular weight is 387 g/mol. The Labute approximate surface area is 151 Å². The van der Waals surface area contributed by atoms with Crippen LogP contribution < -0.4 is 4.74 Å². The van der Waals surface area contributed by atoms with Gasteiger partial charge in [0.2, 0.25) is 6.29 Å². The molecule has 27 heavy (non-hydrogen) atoms. The topological polar surface area (TPSA) is 186 Å². The summed E-state index contributed by atoms with van der Waals surface area (Å²) in [6.45, 7) is -0.586. The minimum Gasteiger partial charge on any atom is -0.481 e. The van der Waals surface area contributed by atoms with Crippen molar-refractivity contribution in [2.45, 2.75) is 37.1 Å². The Bertz CT molecular complexity index is 692. The van der Waals surface area contributed by atoms with E-state index in [4.69, 9.17) is 14.6 Å². The first kappa shape index (κ1) is 20.5. The van der Waals surface area contributed by atoms with E-state index >= 15 is 0 Å². The first-order valence-electron chi connectivity index (χ1n) is 7.67. The molecule has 12 nitrogen and oxygen atoms in total. The molecule has 0 radical (unpaired) electrons. The van der Waals surface area contributed by atoms with Crippen LogP contribution >= 0.6 is 0 Å². The molecule has 0 unspecified atom stereocenters. The van der Waals surface area contributed by atoms with Gasteiger partial charge in [-0.3, -0.25) is 19.7 Å². The highest BCUT2D eigenvalue weighted by atomic mass is 16.7. The molecule has 0 aliphatic carbocycles. The summed E-state index contributed by atoms with van der Waals surface area (Å²) in [6.07, 6.45) is -8.67. The number of hydrogen-bond acceptors (Lipinski definition) is 10. The number of non-ortho nitro benzene ring substituents is 1. The molecule has 1 aliphatic rings. The highest BCUT2D eigenvalue weighted by Gasteiger charge is 2.45. The summed E-state index contributed by atoms with van der Waals surface area (Å²) in [5.74, 6) is -2.40. The van der Waals surface area contributed by atoms with E-state index in [-0.39, 0.29) is 11.4 Å². The van der Waals surface area contributed by atoms with Crippen molar-refractivity contribution >= 4 is 17.6 Å². The first-order valence-corrected chi connectivity index (χ1v) is 7.67. The third-order valence-electron chi connectivity index (χ3n) is 3.67. The van der Waals surface area contributed by atoms with Gasteiger partial charge in [0.1, 0.15) is 43.2 Å². The fourth-order valence-electron chi connectivity index (χ4n) is 2.28. The van der Waals surface area contributed by atoms with Gasteiger partial charge in [0.05, 0.1) is 4.92 Å². The number of hydrogen-bond donors (Lipinski definition) is 4. The molecule has 12 heteroatoms. The Morgan fingerprint density at radius 1 is 1.11 bits per heavy atom. The third-order valence-corrected chi connectivity index (χ3v) is 3.67. The third kappa shape index (κ3) is 5.34. The quantitative estimate of drug-likeness (QED) is 0.190. The molecule has 5 atom stereocenters. The zero-order chi connectivity index (χ0) is 20.1. The van der Waals surface area contributed by atoms with Gasteiger partial charge in [-0.05, 0) is 12.1 Å². The summed E-state index contributed by atoms with van der Waals surface area (Å²) in [5.41, 5.74) is -0.189. The van der Waals surface area contributed by atoms with Crippen LogP contribution in [0.3, 0.4) is 0 Å². The lowest BCUT2D eigenvalue weighted by atomic mass is 9.99. The van der Waals surface area contributed by atoms with E-state index in [1.807, 2.05) is 0 Å². The number of aliphatic hydroxyl groups excluding tert-OH is 3. The Morgan fingerprint density at radius 2 is 1.74 bits per heavy atom. The van der Waals surface area contributed by atoms with Gasteiger partial charge in [0.15, 0.2) is 0 Å². The predicted molar refractivity (Wildman–Crippen MR) is 83.6 cm³/mol. The molecule has 4 N–H and O–H groups in total. The maximum absolute atomic E-state index is 11.3.